The number of hydrogen-bond donors (Lipinski definition) is 0. The lowest BCUT2D eigenvalue weighted by Crippen LogP contribution is -2.29. The first-order chi connectivity index (χ1) is 11.3. The number of carbonyl (C=O) groups is 1. The van der Waals surface area contributed by atoms with Crippen LogP contribution in [0.4, 0.5) is 0 Å². The standard InChI is InChI=1S/C22H42O2/c1-21(2,3)24-20(23)19-22(4)17-15-13-11-9-7-5-6-8-10-12-14-16-18-22/h5-19H2,1-4H3. The van der Waals surface area contributed by atoms with Crippen LogP contribution in [0.25, 0.3) is 0 Å². The summed E-state index contributed by atoms with van der Waals surface area (Å²) >= 11 is 0. The van der Waals surface area contributed by atoms with Crippen molar-refractivity contribution in [1.29, 1.82) is 0 Å². The number of esters is 1. The highest BCUT2D eigenvalue weighted by Gasteiger charge is 2.29. The predicted octanol–water partition coefficient (Wildman–Crippen LogP) is 7.20. The fourth-order valence-corrected chi connectivity index (χ4v) is 3.90. The highest BCUT2D eigenvalue weighted by Crippen LogP contribution is 2.36. The number of hydrogen-bond acceptors (Lipinski definition) is 2. The van der Waals surface area contributed by atoms with E-state index in [2.05, 4.69) is 6.92 Å². The Hall–Kier alpha value is -0.530. The molecule has 2 nitrogen and oxygen atoms in total. The van der Waals surface area contributed by atoms with Gasteiger partial charge in [-0.15, -0.1) is 0 Å². The van der Waals surface area contributed by atoms with Gasteiger partial charge in [0.2, 0.25) is 0 Å². The lowest BCUT2D eigenvalue weighted by molar-refractivity contribution is -0.157. The Morgan fingerprint density at radius 1 is 0.750 bits per heavy atom. The molecule has 0 N–H and O–H groups in total. The van der Waals surface area contributed by atoms with Crippen LogP contribution in [0.1, 0.15) is 124 Å². The smallest absolute Gasteiger partial charge is 0.306 e. The van der Waals surface area contributed by atoms with E-state index in [-0.39, 0.29) is 17.0 Å². The normalized spacial score (nSPS) is 22.2. The fourth-order valence-electron chi connectivity index (χ4n) is 3.90. The van der Waals surface area contributed by atoms with Crippen molar-refractivity contribution < 1.29 is 9.53 Å². The third-order valence-corrected chi connectivity index (χ3v) is 5.30. The van der Waals surface area contributed by atoms with Crippen molar-refractivity contribution in [2.45, 2.75) is 130 Å². The molecule has 0 spiro atoms. The maximum absolute atomic E-state index is 12.3. The average molecular weight is 339 g/mol. The third-order valence-electron chi connectivity index (χ3n) is 5.30. The molecule has 1 aliphatic rings. The first-order valence-electron chi connectivity index (χ1n) is 10.5. The topological polar surface area (TPSA) is 26.3 Å². The molecule has 0 aromatic rings. The maximum atomic E-state index is 12.3. The summed E-state index contributed by atoms with van der Waals surface area (Å²) in [6.45, 7) is 8.20. The van der Waals surface area contributed by atoms with E-state index in [9.17, 15) is 4.79 Å². The summed E-state index contributed by atoms with van der Waals surface area (Å²) in [6, 6.07) is 0. The van der Waals surface area contributed by atoms with E-state index in [1.54, 1.807) is 0 Å². The van der Waals surface area contributed by atoms with Crippen molar-refractivity contribution in [2.75, 3.05) is 0 Å². The van der Waals surface area contributed by atoms with E-state index in [1.165, 1.54) is 89.9 Å². The molecular formula is C22H42O2. The van der Waals surface area contributed by atoms with Crippen LogP contribution in [0, 0.1) is 5.41 Å². The second-order valence-electron chi connectivity index (χ2n) is 9.32. The Morgan fingerprint density at radius 2 is 1.08 bits per heavy atom. The summed E-state index contributed by atoms with van der Waals surface area (Å²) in [4.78, 5) is 12.3. The van der Waals surface area contributed by atoms with Gasteiger partial charge in [-0.05, 0) is 39.0 Å². The first-order valence-corrected chi connectivity index (χ1v) is 10.5. The zero-order chi connectivity index (χ0) is 17.9. The molecule has 1 fully saturated rings. The minimum Gasteiger partial charge on any atom is -0.460 e. The lowest BCUT2D eigenvalue weighted by Gasteiger charge is -2.30. The van der Waals surface area contributed by atoms with Gasteiger partial charge in [0.15, 0.2) is 0 Å². The van der Waals surface area contributed by atoms with Crippen LogP contribution in [0.15, 0.2) is 0 Å². The Bertz CT molecular complexity index is 324. The van der Waals surface area contributed by atoms with Crippen LogP contribution in [-0.2, 0) is 9.53 Å². The molecule has 24 heavy (non-hydrogen) atoms. The quantitative estimate of drug-likeness (QED) is 0.498. The SMILES string of the molecule is CC1(CC(=O)OC(C)(C)C)CCCCCCCCCCCCCC1. The van der Waals surface area contributed by atoms with Gasteiger partial charge >= 0.3 is 5.97 Å². The molecular weight excluding hydrogens is 296 g/mol. The average Bonchev–Trinajstić information content (AvgIpc) is 2.45. The van der Waals surface area contributed by atoms with Crippen molar-refractivity contribution in [3.63, 3.8) is 0 Å². The molecule has 1 aliphatic carbocycles. The van der Waals surface area contributed by atoms with Crippen LogP contribution in [-0.4, -0.2) is 11.6 Å². The van der Waals surface area contributed by atoms with Gasteiger partial charge < -0.3 is 4.74 Å². The van der Waals surface area contributed by atoms with Crippen LogP contribution >= 0.6 is 0 Å². The van der Waals surface area contributed by atoms with E-state index in [0.29, 0.717) is 6.42 Å². The van der Waals surface area contributed by atoms with Crippen LogP contribution in [0.2, 0.25) is 0 Å². The molecule has 2 heteroatoms. The van der Waals surface area contributed by atoms with E-state index < -0.39 is 0 Å². The van der Waals surface area contributed by atoms with Gasteiger partial charge in [0.25, 0.3) is 0 Å². The molecule has 1 rings (SSSR count). The zero-order valence-corrected chi connectivity index (χ0v) is 16.9. The molecule has 0 aromatic carbocycles. The summed E-state index contributed by atoms with van der Waals surface area (Å²) in [5.74, 6) is -0.0112. The molecule has 0 atom stereocenters. The van der Waals surface area contributed by atoms with Crippen LogP contribution in [0.3, 0.4) is 0 Å². The molecule has 0 aromatic heterocycles. The summed E-state index contributed by atoms with van der Waals surface area (Å²) in [5.41, 5.74) is -0.240. The molecule has 0 bridgehead atoms. The first kappa shape index (κ1) is 21.5. The molecule has 0 saturated heterocycles. The van der Waals surface area contributed by atoms with Gasteiger partial charge in [-0.2, -0.15) is 0 Å². The highest BCUT2D eigenvalue weighted by molar-refractivity contribution is 5.70. The Labute approximate surface area is 151 Å². The second kappa shape index (κ2) is 11.2. The van der Waals surface area contributed by atoms with Gasteiger partial charge in [-0.25, -0.2) is 0 Å². The lowest BCUT2D eigenvalue weighted by atomic mass is 9.77. The van der Waals surface area contributed by atoms with Crippen molar-refractivity contribution in [3.8, 4) is 0 Å². The van der Waals surface area contributed by atoms with Crippen molar-refractivity contribution >= 4 is 5.97 Å². The Morgan fingerprint density at radius 3 is 1.42 bits per heavy atom. The summed E-state index contributed by atoms with van der Waals surface area (Å²) in [6.07, 6.45) is 19.3. The van der Waals surface area contributed by atoms with Gasteiger partial charge in [0.05, 0.1) is 6.42 Å². The van der Waals surface area contributed by atoms with Crippen LogP contribution in [0.5, 0.6) is 0 Å². The molecule has 0 aliphatic heterocycles. The van der Waals surface area contributed by atoms with Gasteiger partial charge in [0, 0.05) is 0 Å². The largest absolute Gasteiger partial charge is 0.460 e. The summed E-state index contributed by atoms with van der Waals surface area (Å²) < 4.78 is 5.59. The summed E-state index contributed by atoms with van der Waals surface area (Å²) in [7, 11) is 0. The molecule has 1 saturated carbocycles. The Kier molecular flexibility index (Phi) is 10.0. The van der Waals surface area contributed by atoms with E-state index in [0.717, 1.165) is 0 Å². The minimum atomic E-state index is -0.368. The van der Waals surface area contributed by atoms with Gasteiger partial charge in [0.1, 0.15) is 5.60 Å². The molecule has 0 radical (unpaired) electrons. The van der Waals surface area contributed by atoms with E-state index in [4.69, 9.17) is 4.74 Å². The minimum absolute atomic E-state index is 0.0112. The number of ether oxygens (including phenoxy) is 1. The molecule has 142 valence electrons. The third kappa shape index (κ3) is 11.1. The predicted molar refractivity (Wildman–Crippen MR) is 103 cm³/mol. The maximum Gasteiger partial charge on any atom is 0.306 e. The highest BCUT2D eigenvalue weighted by atomic mass is 16.6. The molecule has 0 unspecified atom stereocenters. The van der Waals surface area contributed by atoms with E-state index >= 15 is 0 Å². The zero-order valence-electron chi connectivity index (χ0n) is 16.9. The molecule has 0 heterocycles. The number of carbonyl (C=O) groups excluding carboxylic acids is 1. The fraction of sp³-hybridized carbons (Fsp3) is 0.955. The Balaban J connectivity index is 2.52. The van der Waals surface area contributed by atoms with Crippen LogP contribution < -0.4 is 0 Å². The summed E-state index contributed by atoms with van der Waals surface area (Å²) in [5, 5.41) is 0. The monoisotopic (exact) mass is 338 g/mol. The number of rotatable bonds is 2. The van der Waals surface area contributed by atoms with Crippen molar-refractivity contribution in [2.24, 2.45) is 5.41 Å². The van der Waals surface area contributed by atoms with Crippen molar-refractivity contribution in [1.82, 2.24) is 0 Å². The van der Waals surface area contributed by atoms with E-state index in [1.807, 2.05) is 20.8 Å². The second-order valence-corrected chi connectivity index (χ2v) is 9.32. The van der Waals surface area contributed by atoms with Gasteiger partial charge in [-0.1, -0.05) is 84.0 Å². The molecule has 0 amide bonds. The van der Waals surface area contributed by atoms with Gasteiger partial charge in [-0.3, -0.25) is 4.79 Å². The van der Waals surface area contributed by atoms with Crippen molar-refractivity contribution in [3.05, 3.63) is 0 Å².